The van der Waals surface area contributed by atoms with Crippen LogP contribution in [0, 0.1) is 13.8 Å². The van der Waals surface area contributed by atoms with Crippen LogP contribution in [0.25, 0.3) is 16.6 Å². The molecule has 30 heavy (non-hydrogen) atoms. The van der Waals surface area contributed by atoms with Gasteiger partial charge in [-0.3, -0.25) is 10.2 Å². The maximum Gasteiger partial charge on any atom is 0.337 e. The fourth-order valence-electron chi connectivity index (χ4n) is 3.25. The molecule has 3 N–H and O–H groups in total. The molecule has 2 amide bonds. The van der Waals surface area contributed by atoms with Crippen molar-refractivity contribution in [2.24, 2.45) is 0 Å². The minimum absolute atomic E-state index is 0.215. The highest BCUT2D eigenvalue weighted by Crippen LogP contribution is 2.18. The Morgan fingerprint density at radius 2 is 1.70 bits per heavy atom. The Morgan fingerprint density at radius 1 is 0.933 bits per heavy atom. The fraction of sp³-hybridized carbons (Fsp3) is 0.0870. The van der Waals surface area contributed by atoms with Gasteiger partial charge in [-0.1, -0.05) is 42.5 Å². The van der Waals surface area contributed by atoms with Gasteiger partial charge in [-0.25, -0.2) is 19.8 Å². The third-order valence-electron chi connectivity index (χ3n) is 4.70. The van der Waals surface area contributed by atoms with E-state index in [2.05, 4.69) is 21.2 Å². The van der Waals surface area contributed by atoms with E-state index in [-0.39, 0.29) is 11.5 Å². The van der Waals surface area contributed by atoms with Crippen molar-refractivity contribution in [2.75, 3.05) is 10.7 Å². The number of hydrazine groups is 1. The molecule has 0 bridgehead atoms. The van der Waals surface area contributed by atoms with Crippen molar-refractivity contribution >= 4 is 28.6 Å². The lowest BCUT2D eigenvalue weighted by Crippen LogP contribution is -2.36. The number of anilines is 2. The number of rotatable bonds is 4. The molecule has 7 heteroatoms. The number of hydrogen-bond acceptors (Lipinski definition) is 4. The average Bonchev–Trinajstić information content (AvgIpc) is 2.73. The predicted molar refractivity (Wildman–Crippen MR) is 119 cm³/mol. The molecule has 0 atom stereocenters. The number of nitrogens with one attached hydrogen (secondary N) is 3. The summed E-state index contributed by atoms with van der Waals surface area (Å²) in [4.78, 5) is 30.1. The molecule has 0 fully saturated rings. The quantitative estimate of drug-likeness (QED) is 0.450. The summed E-state index contributed by atoms with van der Waals surface area (Å²) in [7, 11) is 0. The number of benzene rings is 3. The summed E-state index contributed by atoms with van der Waals surface area (Å²) in [6, 6.07) is 21.6. The van der Waals surface area contributed by atoms with E-state index in [9.17, 15) is 9.59 Å². The first kappa shape index (κ1) is 19.2. The molecule has 1 aromatic heterocycles. The average molecular weight is 399 g/mol. The van der Waals surface area contributed by atoms with E-state index in [1.54, 1.807) is 24.3 Å². The number of hydrogen-bond donors (Lipinski definition) is 3. The zero-order valence-corrected chi connectivity index (χ0v) is 16.6. The van der Waals surface area contributed by atoms with E-state index in [0.717, 1.165) is 11.1 Å². The Labute approximate surface area is 173 Å². The van der Waals surface area contributed by atoms with Gasteiger partial charge >= 0.3 is 6.03 Å². The van der Waals surface area contributed by atoms with Crippen LogP contribution in [-0.4, -0.2) is 15.6 Å². The topological polar surface area (TPSA) is 88.1 Å². The summed E-state index contributed by atoms with van der Waals surface area (Å²) >= 11 is 0. The number of para-hydroxylation sites is 2. The van der Waals surface area contributed by atoms with E-state index >= 15 is 0 Å². The summed E-state index contributed by atoms with van der Waals surface area (Å²) in [5.74, 6) is 0.215. The van der Waals surface area contributed by atoms with Crippen molar-refractivity contribution in [2.45, 2.75) is 13.8 Å². The van der Waals surface area contributed by atoms with Crippen LogP contribution in [0.4, 0.5) is 16.4 Å². The highest BCUT2D eigenvalue weighted by atomic mass is 16.2. The third kappa shape index (κ3) is 3.86. The van der Waals surface area contributed by atoms with E-state index in [1.807, 2.05) is 62.4 Å². The molecule has 4 rings (SSSR count). The molecule has 0 saturated heterocycles. The van der Waals surface area contributed by atoms with Crippen molar-refractivity contribution < 1.29 is 4.79 Å². The van der Waals surface area contributed by atoms with Crippen molar-refractivity contribution in [1.29, 1.82) is 0 Å². The molecule has 3 aromatic carbocycles. The van der Waals surface area contributed by atoms with Gasteiger partial charge < -0.3 is 5.32 Å². The van der Waals surface area contributed by atoms with Gasteiger partial charge in [0, 0.05) is 5.69 Å². The lowest BCUT2D eigenvalue weighted by atomic mass is 10.2. The number of aryl methyl sites for hydroxylation is 2. The van der Waals surface area contributed by atoms with Gasteiger partial charge in [-0.2, -0.15) is 0 Å². The van der Waals surface area contributed by atoms with Crippen molar-refractivity contribution in [3.8, 4) is 5.69 Å². The normalized spacial score (nSPS) is 10.6. The first-order chi connectivity index (χ1) is 14.5. The predicted octanol–water partition coefficient (Wildman–Crippen LogP) is 4.15. The monoisotopic (exact) mass is 399 g/mol. The van der Waals surface area contributed by atoms with Crippen LogP contribution in [0.5, 0.6) is 0 Å². The molecule has 150 valence electrons. The molecule has 0 spiro atoms. The lowest BCUT2D eigenvalue weighted by molar-refractivity contribution is 0.253. The minimum atomic E-state index is -0.473. The zero-order valence-electron chi connectivity index (χ0n) is 16.6. The second kappa shape index (κ2) is 8.08. The Bertz CT molecular complexity index is 1300. The number of amides is 2. The summed E-state index contributed by atoms with van der Waals surface area (Å²) < 4.78 is 1.46. The molecule has 0 aliphatic heterocycles. The number of carbonyl (C=O) groups is 1. The number of carbonyl (C=O) groups excluding carboxylic acids is 1. The third-order valence-corrected chi connectivity index (χ3v) is 4.70. The van der Waals surface area contributed by atoms with E-state index < -0.39 is 6.03 Å². The fourth-order valence-corrected chi connectivity index (χ4v) is 3.25. The van der Waals surface area contributed by atoms with Gasteiger partial charge in [0.2, 0.25) is 5.95 Å². The molecule has 4 aromatic rings. The molecule has 1 heterocycles. The first-order valence-electron chi connectivity index (χ1n) is 9.50. The van der Waals surface area contributed by atoms with Crippen LogP contribution in [0.15, 0.2) is 77.6 Å². The van der Waals surface area contributed by atoms with E-state index in [1.165, 1.54) is 4.57 Å². The second-order valence-electron chi connectivity index (χ2n) is 6.95. The van der Waals surface area contributed by atoms with E-state index in [4.69, 9.17) is 0 Å². The summed E-state index contributed by atoms with van der Waals surface area (Å²) in [5, 5.41) is 3.24. The highest BCUT2D eigenvalue weighted by molar-refractivity contribution is 5.90. The van der Waals surface area contributed by atoms with Gasteiger partial charge in [-0.15, -0.1) is 0 Å². The number of fused-ring (bicyclic) bond motifs is 1. The van der Waals surface area contributed by atoms with Crippen LogP contribution in [0.3, 0.4) is 0 Å². The maximum absolute atomic E-state index is 13.2. The highest BCUT2D eigenvalue weighted by Gasteiger charge is 2.14. The molecule has 0 radical (unpaired) electrons. The molecular weight excluding hydrogens is 378 g/mol. The SMILES string of the molecule is Cc1cccc(NC(=O)NNc2nc3ccccc3c(=O)n2-c2ccccc2C)c1. The van der Waals surface area contributed by atoms with Gasteiger partial charge in [-0.05, 0) is 55.3 Å². The largest absolute Gasteiger partial charge is 0.337 e. The number of urea groups is 1. The first-order valence-corrected chi connectivity index (χ1v) is 9.50. The standard InChI is InChI=1S/C23H21N5O2/c1-15-8-7-10-17(14-15)24-23(30)27-26-22-25-19-12-5-4-11-18(19)21(29)28(22)20-13-6-3-9-16(20)2/h3-14H,1-2H3,(H,25,26)(H2,24,27,30). The number of nitrogens with zero attached hydrogens (tertiary/aromatic N) is 2. The Kier molecular flexibility index (Phi) is 5.17. The van der Waals surface area contributed by atoms with Crippen molar-refractivity contribution in [3.63, 3.8) is 0 Å². The van der Waals surface area contributed by atoms with Gasteiger partial charge in [0.25, 0.3) is 5.56 Å². The van der Waals surface area contributed by atoms with Crippen LogP contribution in [0.1, 0.15) is 11.1 Å². The molecule has 0 aliphatic carbocycles. The van der Waals surface area contributed by atoms with Crippen molar-refractivity contribution in [1.82, 2.24) is 15.0 Å². The zero-order chi connectivity index (χ0) is 21.1. The molecule has 0 unspecified atom stereocenters. The maximum atomic E-state index is 13.2. The van der Waals surface area contributed by atoms with Gasteiger partial charge in [0.05, 0.1) is 16.6 Å². The summed E-state index contributed by atoms with van der Waals surface area (Å²) in [5.41, 5.74) is 8.96. The molecule has 7 nitrogen and oxygen atoms in total. The van der Waals surface area contributed by atoms with Crippen LogP contribution in [-0.2, 0) is 0 Å². The van der Waals surface area contributed by atoms with Crippen LogP contribution >= 0.6 is 0 Å². The molecular formula is C23H21N5O2. The second-order valence-corrected chi connectivity index (χ2v) is 6.95. The van der Waals surface area contributed by atoms with Gasteiger partial charge in [0.15, 0.2) is 0 Å². The van der Waals surface area contributed by atoms with Gasteiger partial charge in [0.1, 0.15) is 0 Å². The van der Waals surface area contributed by atoms with Crippen molar-refractivity contribution in [3.05, 3.63) is 94.3 Å². The Hall–Kier alpha value is -4.13. The molecule has 0 aliphatic rings. The Balaban J connectivity index is 1.69. The van der Waals surface area contributed by atoms with Crippen LogP contribution in [0.2, 0.25) is 0 Å². The lowest BCUT2D eigenvalue weighted by Gasteiger charge is -2.17. The number of aromatic nitrogens is 2. The van der Waals surface area contributed by atoms with E-state index in [0.29, 0.717) is 22.3 Å². The summed E-state index contributed by atoms with van der Waals surface area (Å²) in [6.45, 7) is 3.86. The summed E-state index contributed by atoms with van der Waals surface area (Å²) in [6.07, 6.45) is 0. The Morgan fingerprint density at radius 3 is 2.50 bits per heavy atom. The van der Waals surface area contributed by atoms with Crippen LogP contribution < -0.4 is 21.7 Å². The smallest absolute Gasteiger partial charge is 0.307 e. The molecule has 0 saturated carbocycles. The minimum Gasteiger partial charge on any atom is -0.307 e.